The van der Waals surface area contributed by atoms with Gasteiger partial charge in [-0.05, 0) is 29.3 Å². The van der Waals surface area contributed by atoms with Gasteiger partial charge < -0.3 is 4.90 Å². The number of nitrogens with zero attached hydrogens (tertiary/aromatic N) is 2. The van der Waals surface area contributed by atoms with Crippen LogP contribution < -0.4 is 0 Å². The minimum absolute atomic E-state index is 0.129. The lowest BCUT2D eigenvalue weighted by Gasteiger charge is -2.34. The van der Waals surface area contributed by atoms with Crippen LogP contribution in [0.3, 0.4) is 0 Å². The molecule has 0 atom stereocenters. The van der Waals surface area contributed by atoms with E-state index in [1.54, 1.807) is 17.0 Å². The summed E-state index contributed by atoms with van der Waals surface area (Å²) in [7, 11) is -3.52. The quantitative estimate of drug-likeness (QED) is 0.824. The number of hydrogen-bond acceptors (Lipinski definition) is 3. The zero-order valence-corrected chi connectivity index (χ0v) is 15.3. The van der Waals surface area contributed by atoms with Crippen molar-refractivity contribution in [2.75, 3.05) is 26.2 Å². The number of fused-ring (bicyclic) bond motifs is 1. The Labute approximate surface area is 149 Å². The molecule has 1 amide bonds. The minimum atomic E-state index is -3.52. The first-order chi connectivity index (χ1) is 12.0. The summed E-state index contributed by atoms with van der Waals surface area (Å²) >= 11 is 0. The Morgan fingerprint density at radius 2 is 1.68 bits per heavy atom. The van der Waals surface area contributed by atoms with Crippen LogP contribution in [0.5, 0.6) is 0 Å². The van der Waals surface area contributed by atoms with Crippen LogP contribution in [0, 0.1) is 0 Å². The van der Waals surface area contributed by atoms with Crippen LogP contribution >= 0.6 is 0 Å². The minimum Gasteiger partial charge on any atom is -0.340 e. The molecule has 1 aliphatic heterocycles. The third-order valence-corrected chi connectivity index (χ3v) is 6.59. The Morgan fingerprint density at radius 1 is 1.00 bits per heavy atom. The summed E-state index contributed by atoms with van der Waals surface area (Å²) in [4.78, 5) is 14.2. The summed E-state index contributed by atoms with van der Waals surface area (Å²) in [5.74, 6) is 0.129. The van der Waals surface area contributed by atoms with Gasteiger partial charge in [0.05, 0.1) is 4.90 Å². The molecule has 0 N–H and O–H groups in total. The molecule has 2 aromatic rings. The molecule has 134 valence electrons. The standard InChI is InChI=1S/C19H24N2O3S/c1-2-3-8-19(22)20-11-13-21(14-12-20)25(23,24)18-10-9-16-6-4-5-7-17(16)15-18/h4-7,9-10,15H,2-3,8,11-14H2,1H3. The summed E-state index contributed by atoms with van der Waals surface area (Å²) in [6.07, 6.45) is 2.42. The SMILES string of the molecule is CCCCC(=O)N1CCN(S(=O)(=O)c2ccc3ccccc3c2)CC1. The largest absolute Gasteiger partial charge is 0.340 e. The van der Waals surface area contributed by atoms with Crippen molar-refractivity contribution in [3.8, 4) is 0 Å². The predicted octanol–water partition coefficient (Wildman–Crippen LogP) is 2.86. The predicted molar refractivity (Wildman–Crippen MR) is 98.8 cm³/mol. The second-order valence-electron chi connectivity index (χ2n) is 6.40. The van der Waals surface area contributed by atoms with Gasteiger partial charge in [-0.25, -0.2) is 8.42 Å². The van der Waals surface area contributed by atoms with E-state index in [1.807, 2.05) is 30.3 Å². The Morgan fingerprint density at radius 3 is 2.36 bits per heavy atom. The number of carbonyl (C=O) groups is 1. The zero-order chi connectivity index (χ0) is 17.9. The molecule has 25 heavy (non-hydrogen) atoms. The monoisotopic (exact) mass is 360 g/mol. The molecule has 3 rings (SSSR count). The van der Waals surface area contributed by atoms with E-state index in [0.717, 1.165) is 23.6 Å². The molecule has 1 heterocycles. The summed E-state index contributed by atoms with van der Waals surface area (Å²) < 4.78 is 27.3. The van der Waals surface area contributed by atoms with Crippen molar-refractivity contribution in [1.29, 1.82) is 0 Å². The number of amides is 1. The number of unbranched alkanes of at least 4 members (excludes halogenated alkanes) is 1. The van der Waals surface area contributed by atoms with Crippen molar-refractivity contribution >= 4 is 26.7 Å². The van der Waals surface area contributed by atoms with Gasteiger partial charge >= 0.3 is 0 Å². The van der Waals surface area contributed by atoms with E-state index in [-0.39, 0.29) is 5.91 Å². The first kappa shape index (κ1) is 17.9. The van der Waals surface area contributed by atoms with Gasteiger partial charge in [0.1, 0.15) is 0 Å². The molecule has 0 radical (unpaired) electrons. The highest BCUT2D eigenvalue weighted by molar-refractivity contribution is 7.89. The maximum Gasteiger partial charge on any atom is 0.243 e. The third kappa shape index (κ3) is 3.85. The van der Waals surface area contributed by atoms with E-state index in [4.69, 9.17) is 0 Å². The van der Waals surface area contributed by atoms with Crippen LogP contribution in [-0.4, -0.2) is 49.7 Å². The molecular weight excluding hydrogens is 336 g/mol. The lowest BCUT2D eigenvalue weighted by atomic mass is 10.1. The van der Waals surface area contributed by atoms with Crippen molar-refractivity contribution in [3.05, 3.63) is 42.5 Å². The van der Waals surface area contributed by atoms with Crippen LogP contribution in [0.1, 0.15) is 26.2 Å². The fraction of sp³-hybridized carbons (Fsp3) is 0.421. The van der Waals surface area contributed by atoms with Gasteiger partial charge in [0.25, 0.3) is 0 Å². The molecule has 1 saturated heterocycles. The molecular formula is C19H24N2O3S. The molecule has 0 aromatic heterocycles. The van der Waals surface area contributed by atoms with Gasteiger partial charge in [-0.1, -0.05) is 43.7 Å². The van der Waals surface area contributed by atoms with Gasteiger partial charge in [0.15, 0.2) is 0 Å². The molecule has 0 bridgehead atoms. The normalized spacial score (nSPS) is 16.3. The highest BCUT2D eigenvalue weighted by Gasteiger charge is 2.29. The van der Waals surface area contributed by atoms with Crippen LogP contribution in [-0.2, 0) is 14.8 Å². The summed E-state index contributed by atoms with van der Waals surface area (Å²) in [5.41, 5.74) is 0. The second kappa shape index (κ2) is 7.54. The number of sulfonamides is 1. The van der Waals surface area contributed by atoms with E-state index >= 15 is 0 Å². The molecule has 5 nitrogen and oxygen atoms in total. The van der Waals surface area contributed by atoms with Gasteiger partial charge in [-0.15, -0.1) is 0 Å². The smallest absolute Gasteiger partial charge is 0.243 e. The molecule has 0 saturated carbocycles. The van der Waals surface area contributed by atoms with Crippen molar-refractivity contribution < 1.29 is 13.2 Å². The van der Waals surface area contributed by atoms with Gasteiger partial charge in [-0.2, -0.15) is 4.31 Å². The zero-order valence-electron chi connectivity index (χ0n) is 14.5. The highest BCUT2D eigenvalue weighted by Crippen LogP contribution is 2.23. The van der Waals surface area contributed by atoms with Crippen LogP contribution in [0.4, 0.5) is 0 Å². The molecule has 1 aliphatic rings. The molecule has 1 fully saturated rings. The lowest BCUT2D eigenvalue weighted by Crippen LogP contribution is -2.50. The van der Waals surface area contributed by atoms with Crippen molar-refractivity contribution in [1.82, 2.24) is 9.21 Å². The highest BCUT2D eigenvalue weighted by atomic mass is 32.2. The fourth-order valence-corrected chi connectivity index (χ4v) is 4.60. The van der Waals surface area contributed by atoms with E-state index < -0.39 is 10.0 Å². The first-order valence-electron chi connectivity index (χ1n) is 8.79. The van der Waals surface area contributed by atoms with Crippen molar-refractivity contribution in [2.45, 2.75) is 31.1 Å². The van der Waals surface area contributed by atoms with Crippen LogP contribution in [0.15, 0.2) is 47.4 Å². The first-order valence-corrected chi connectivity index (χ1v) is 10.2. The van der Waals surface area contributed by atoms with Gasteiger partial charge in [0.2, 0.25) is 15.9 Å². The Kier molecular flexibility index (Phi) is 5.39. The fourth-order valence-electron chi connectivity index (χ4n) is 3.14. The van der Waals surface area contributed by atoms with Gasteiger partial charge in [0, 0.05) is 32.6 Å². The summed E-state index contributed by atoms with van der Waals surface area (Å²) in [6, 6.07) is 12.9. The van der Waals surface area contributed by atoms with E-state index in [2.05, 4.69) is 6.92 Å². The van der Waals surface area contributed by atoms with E-state index in [9.17, 15) is 13.2 Å². The second-order valence-corrected chi connectivity index (χ2v) is 8.34. The third-order valence-electron chi connectivity index (χ3n) is 4.69. The number of hydrogen-bond donors (Lipinski definition) is 0. The number of carbonyl (C=O) groups excluding carboxylic acids is 1. The number of piperazine rings is 1. The summed E-state index contributed by atoms with van der Waals surface area (Å²) in [5, 5.41) is 1.93. The Bertz CT molecular complexity index is 856. The molecule has 0 aliphatic carbocycles. The molecule has 0 spiro atoms. The van der Waals surface area contributed by atoms with Crippen molar-refractivity contribution in [3.63, 3.8) is 0 Å². The molecule has 0 unspecified atom stereocenters. The number of rotatable bonds is 5. The van der Waals surface area contributed by atoms with Crippen LogP contribution in [0.25, 0.3) is 10.8 Å². The maximum absolute atomic E-state index is 12.9. The Hall–Kier alpha value is -1.92. The molecule has 6 heteroatoms. The molecule has 2 aromatic carbocycles. The van der Waals surface area contributed by atoms with Gasteiger partial charge in [-0.3, -0.25) is 4.79 Å². The maximum atomic E-state index is 12.9. The van der Waals surface area contributed by atoms with E-state index in [0.29, 0.717) is 37.5 Å². The van der Waals surface area contributed by atoms with Crippen LogP contribution in [0.2, 0.25) is 0 Å². The average Bonchev–Trinajstić information content (AvgIpc) is 2.65. The average molecular weight is 360 g/mol. The lowest BCUT2D eigenvalue weighted by molar-refractivity contribution is -0.132. The Balaban J connectivity index is 1.72. The van der Waals surface area contributed by atoms with E-state index in [1.165, 1.54) is 4.31 Å². The van der Waals surface area contributed by atoms with Crippen molar-refractivity contribution in [2.24, 2.45) is 0 Å². The summed E-state index contributed by atoms with van der Waals surface area (Å²) in [6.45, 7) is 3.70. The number of benzene rings is 2. The topological polar surface area (TPSA) is 57.7 Å².